The zero-order chi connectivity index (χ0) is 16.9. The van der Waals surface area contributed by atoms with Gasteiger partial charge in [-0.05, 0) is 40.7 Å². The summed E-state index contributed by atoms with van der Waals surface area (Å²) in [6, 6.07) is 0. The van der Waals surface area contributed by atoms with Gasteiger partial charge in [0.15, 0.2) is 5.88 Å². The first-order valence-corrected chi connectivity index (χ1v) is 7.63. The fraction of sp³-hybridized carbons (Fsp3) is 0.688. The summed E-state index contributed by atoms with van der Waals surface area (Å²) in [4.78, 5) is 13.7. The summed E-state index contributed by atoms with van der Waals surface area (Å²) >= 11 is 0. The first-order valence-electron chi connectivity index (χ1n) is 7.63. The van der Waals surface area contributed by atoms with Crippen molar-refractivity contribution < 1.29 is 14.3 Å². The molecule has 0 radical (unpaired) electrons. The molecule has 1 rings (SSSR count). The molecule has 1 saturated heterocycles. The molecule has 1 aliphatic heterocycles. The molecule has 0 atom stereocenters. The molecule has 1 heterocycles. The SMILES string of the molecule is C/C(N)=C/C(C)=C(\N)OC1CCN(C(=O)OC(C)(C)C)CC1. The van der Waals surface area contributed by atoms with Crippen molar-refractivity contribution in [2.45, 2.75) is 59.2 Å². The average Bonchev–Trinajstić information content (AvgIpc) is 2.36. The number of allylic oxidation sites excluding steroid dienone is 3. The van der Waals surface area contributed by atoms with E-state index in [-0.39, 0.29) is 12.2 Å². The lowest BCUT2D eigenvalue weighted by molar-refractivity contribution is 0.00382. The number of nitrogens with zero attached hydrogens (tertiary/aromatic N) is 1. The molecule has 1 fully saturated rings. The summed E-state index contributed by atoms with van der Waals surface area (Å²) in [5, 5.41) is 0. The molecule has 126 valence electrons. The molecule has 4 N–H and O–H groups in total. The number of ether oxygens (including phenoxy) is 2. The second-order valence-corrected chi connectivity index (χ2v) is 6.72. The zero-order valence-corrected chi connectivity index (χ0v) is 14.3. The number of amides is 1. The highest BCUT2D eigenvalue weighted by molar-refractivity contribution is 5.68. The first-order chi connectivity index (χ1) is 10.1. The van der Waals surface area contributed by atoms with Crippen molar-refractivity contribution in [3.63, 3.8) is 0 Å². The Morgan fingerprint density at radius 3 is 2.18 bits per heavy atom. The minimum atomic E-state index is -0.471. The van der Waals surface area contributed by atoms with Crippen LogP contribution >= 0.6 is 0 Å². The van der Waals surface area contributed by atoms with Crippen molar-refractivity contribution in [1.29, 1.82) is 0 Å². The summed E-state index contributed by atoms with van der Waals surface area (Å²) in [6.07, 6.45) is 3.00. The van der Waals surface area contributed by atoms with E-state index in [0.717, 1.165) is 18.4 Å². The Morgan fingerprint density at radius 2 is 1.73 bits per heavy atom. The third-order valence-electron chi connectivity index (χ3n) is 3.22. The van der Waals surface area contributed by atoms with Gasteiger partial charge in [0.2, 0.25) is 0 Å². The molecule has 0 bridgehead atoms. The molecule has 1 amide bonds. The van der Waals surface area contributed by atoms with Crippen LogP contribution in [-0.4, -0.2) is 35.8 Å². The Bertz CT molecular complexity index is 452. The molecule has 0 aliphatic carbocycles. The monoisotopic (exact) mass is 311 g/mol. The fourth-order valence-electron chi connectivity index (χ4n) is 2.17. The van der Waals surface area contributed by atoms with Crippen LogP contribution < -0.4 is 11.5 Å². The van der Waals surface area contributed by atoms with E-state index >= 15 is 0 Å². The minimum absolute atomic E-state index is 0.0140. The van der Waals surface area contributed by atoms with E-state index in [1.54, 1.807) is 17.9 Å². The highest BCUT2D eigenvalue weighted by atomic mass is 16.6. The second kappa shape index (κ2) is 7.42. The molecule has 0 aromatic heterocycles. The summed E-state index contributed by atoms with van der Waals surface area (Å²) in [6.45, 7) is 10.5. The number of piperidine rings is 1. The molecule has 0 aromatic rings. The van der Waals surface area contributed by atoms with Crippen molar-refractivity contribution in [3.05, 3.63) is 23.2 Å². The van der Waals surface area contributed by atoms with E-state index < -0.39 is 5.60 Å². The summed E-state index contributed by atoms with van der Waals surface area (Å²) in [5.74, 6) is 0.389. The molecule has 6 nitrogen and oxygen atoms in total. The van der Waals surface area contributed by atoms with Gasteiger partial charge in [-0.1, -0.05) is 0 Å². The first kappa shape index (κ1) is 18.2. The van der Waals surface area contributed by atoms with Gasteiger partial charge < -0.3 is 25.8 Å². The molecule has 0 spiro atoms. The van der Waals surface area contributed by atoms with Crippen LogP contribution in [0.15, 0.2) is 23.2 Å². The molecule has 0 saturated carbocycles. The Morgan fingerprint density at radius 1 is 1.18 bits per heavy atom. The van der Waals surface area contributed by atoms with Crippen LogP contribution in [0.3, 0.4) is 0 Å². The van der Waals surface area contributed by atoms with Gasteiger partial charge in [0.25, 0.3) is 0 Å². The fourth-order valence-corrected chi connectivity index (χ4v) is 2.17. The van der Waals surface area contributed by atoms with Gasteiger partial charge in [0.05, 0.1) is 0 Å². The number of carbonyl (C=O) groups excluding carboxylic acids is 1. The molecular formula is C16H29N3O3. The number of carbonyl (C=O) groups is 1. The smallest absolute Gasteiger partial charge is 0.410 e. The molecular weight excluding hydrogens is 282 g/mol. The van der Waals surface area contributed by atoms with Crippen molar-refractivity contribution >= 4 is 6.09 Å². The van der Waals surface area contributed by atoms with Gasteiger partial charge in [-0.3, -0.25) is 0 Å². The quantitative estimate of drug-likeness (QED) is 0.617. The molecule has 0 aromatic carbocycles. The van der Waals surface area contributed by atoms with E-state index in [1.165, 1.54) is 0 Å². The second-order valence-electron chi connectivity index (χ2n) is 6.72. The summed E-state index contributed by atoms with van der Waals surface area (Å²) < 4.78 is 11.1. The summed E-state index contributed by atoms with van der Waals surface area (Å²) in [5.41, 5.74) is 12.6. The molecule has 1 aliphatic rings. The molecule has 6 heteroatoms. The van der Waals surface area contributed by atoms with Crippen LogP contribution in [0.5, 0.6) is 0 Å². The topological polar surface area (TPSA) is 90.8 Å². The number of rotatable bonds is 3. The maximum Gasteiger partial charge on any atom is 0.410 e. The molecule has 0 unspecified atom stereocenters. The van der Waals surface area contributed by atoms with Gasteiger partial charge in [-0.2, -0.15) is 0 Å². The lowest BCUT2D eigenvalue weighted by atomic mass is 10.1. The van der Waals surface area contributed by atoms with Gasteiger partial charge in [0.1, 0.15) is 11.7 Å². The highest BCUT2D eigenvalue weighted by Gasteiger charge is 2.27. The van der Waals surface area contributed by atoms with Crippen LogP contribution in [-0.2, 0) is 9.47 Å². The maximum atomic E-state index is 12.0. The maximum absolute atomic E-state index is 12.0. The van der Waals surface area contributed by atoms with Crippen LogP contribution in [0.4, 0.5) is 4.79 Å². The standard InChI is InChI=1S/C16H29N3O3/c1-11(10-12(2)17)14(18)21-13-6-8-19(9-7-13)15(20)22-16(3,4)5/h10,13H,6-9,17-18H2,1-5H3/b12-10-,14-11+. The van der Waals surface area contributed by atoms with Gasteiger partial charge in [-0.15, -0.1) is 0 Å². The average molecular weight is 311 g/mol. The van der Waals surface area contributed by atoms with Crippen LogP contribution in [0, 0.1) is 0 Å². The van der Waals surface area contributed by atoms with E-state index in [0.29, 0.717) is 24.7 Å². The lowest BCUT2D eigenvalue weighted by Gasteiger charge is -2.33. The van der Waals surface area contributed by atoms with E-state index in [4.69, 9.17) is 20.9 Å². The van der Waals surface area contributed by atoms with Crippen LogP contribution in [0.1, 0.15) is 47.5 Å². The molecule has 22 heavy (non-hydrogen) atoms. The Hall–Kier alpha value is -1.85. The lowest BCUT2D eigenvalue weighted by Crippen LogP contribution is -2.43. The zero-order valence-electron chi connectivity index (χ0n) is 14.3. The Labute approximate surface area is 133 Å². The normalized spacial score (nSPS) is 18.8. The van der Waals surface area contributed by atoms with Crippen LogP contribution in [0.2, 0.25) is 0 Å². The van der Waals surface area contributed by atoms with Crippen molar-refractivity contribution in [3.8, 4) is 0 Å². The predicted molar refractivity (Wildman–Crippen MR) is 86.7 cm³/mol. The number of hydrogen-bond acceptors (Lipinski definition) is 5. The van der Waals surface area contributed by atoms with Crippen LogP contribution in [0.25, 0.3) is 0 Å². The number of hydrogen-bond donors (Lipinski definition) is 2. The van der Waals surface area contributed by atoms with Gasteiger partial charge >= 0.3 is 6.09 Å². The Kier molecular flexibility index (Phi) is 6.14. The highest BCUT2D eigenvalue weighted by Crippen LogP contribution is 2.19. The van der Waals surface area contributed by atoms with Crippen molar-refractivity contribution in [1.82, 2.24) is 4.90 Å². The van der Waals surface area contributed by atoms with Crippen molar-refractivity contribution in [2.24, 2.45) is 11.5 Å². The van der Waals surface area contributed by atoms with E-state index in [9.17, 15) is 4.79 Å². The third kappa shape index (κ3) is 6.28. The van der Waals surface area contributed by atoms with Gasteiger partial charge in [-0.25, -0.2) is 4.79 Å². The van der Waals surface area contributed by atoms with E-state index in [2.05, 4.69) is 0 Å². The number of likely N-dealkylation sites (tertiary alicyclic amines) is 1. The summed E-state index contributed by atoms with van der Waals surface area (Å²) in [7, 11) is 0. The Balaban J connectivity index is 2.49. The predicted octanol–water partition coefficient (Wildman–Crippen LogP) is 2.46. The largest absolute Gasteiger partial charge is 0.476 e. The van der Waals surface area contributed by atoms with Gasteiger partial charge in [0, 0.05) is 37.2 Å². The third-order valence-corrected chi connectivity index (χ3v) is 3.22. The van der Waals surface area contributed by atoms with Crippen molar-refractivity contribution in [2.75, 3.05) is 13.1 Å². The van der Waals surface area contributed by atoms with E-state index in [1.807, 2.05) is 27.7 Å². The minimum Gasteiger partial charge on any atom is -0.476 e. The number of nitrogens with two attached hydrogens (primary N) is 2.